The van der Waals surface area contributed by atoms with Crippen molar-refractivity contribution in [3.63, 3.8) is 0 Å². The molecule has 4 heteroatoms. The lowest BCUT2D eigenvalue weighted by Crippen LogP contribution is -2.41. The van der Waals surface area contributed by atoms with Crippen LogP contribution in [0.5, 0.6) is 0 Å². The minimum Gasteiger partial charge on any atom is -0.298 e. The van der Waals surface area contributed by atoms with Gasteiger partial charge in [-0.05, 0) is 37.3 Å². The second-order valence-corrected chi connectivity index (χ2v) is 7.66. The second-order valence-electron chi connectivity index (χ2n) is 5.45. The number of hydrogen-bond donors (Lipinski definition) is 0. The van der Waals surface area contributed by atoms with Gasteiger partial charge < -0.3 is 0 Å². The van der Waals surface area contributed by atoms with Crippen LogP contribution >= 0.6 is 0 Å². The normalized spacial score (nSPS) is 35.1. The van der Waals surface area contributed by atoms with Crippen LogP contribution in [0.4, 0.5) is 0 Å². The molecule has 0 unspecified atom stereocenters. The van der Waals surface area contributed by atoms with Gasteiger partial charge >= 0.3 is 0 Å². The molecule has 1 aromatic rings. The zero-order chi connectivity index (χ0) is 13.0. The van der Waals surface area contributed by atoms with Gasteiger partial charge in [-0.3, -0.25) is 4.79 Å². The van der Waals surface area contributed by atoms with Crippen molar-refractivity contribution in [2.75, 3.05) is 0 Å². The number of Topliss-reactive ketones (excluding diaryl/α,β-unsaturated/α-hetero) is 1. The van der Waals surface area contributed by atoms with E-state index < -0.39 is 14.6 Å². The fourth-order valence-corrected chi connectivity index (χ4v) is 5.59. The van der Waals surface area contributed by atoms with Crippen molar-refractivity contribution < 1.29 is 13.2 Å². The Labute approximate surface area is 107 Å². The van der Waals surface area contributed by atoms with Crippen LogP contribution in [0.3, 0.4) is 0 Å². The number of ketones is 1. The van der Waals surface area contributed by atoms with E-state index in [0.717, 1.165) is 12.8 Å². The van der Waals surface area contributed by atoms with Gasteiger partial charge in [0.25, 0.3) is 0 Å². The highest BCUT2D eigenvalue weighted by molar-refractivity contribution is 7.94. The number of carbonyl (C=O) groups is 1. The quantitative estimate of drug-likeness (QED) is 0.823. The standard InChI is InChI=1S/C14H16O3S/c1-10-7-8-11-9-14(11,13(10)15)18(16,17)12-5-3-2-4-6-12/h2-6,10-11H,7-9H2,1H3/t10-,11+,14+/m1/s1. The molecule has 1 aromatic carbocycles. The van der Waals surface area contributed by atoms with Crippen molar-refractivity contribution in [1.29, 1.82) is 0 Å². The van der Waals surface area contributed by atoms with E-state index in [9.17, 15) is 13.2 Å². The molecule has 2 fully saturated rings. The first kappa shape index (κ1) is 11.9. The predicted molar refractivity (Wildman–Crippen MR) is 67.9 cm³/mol. The Morgan fingerprint density at radius 1 is 1.17 bits per heavy atom. The smallest absolute Gasteiger partial charge is 0.191 e. The topological polar surface area (TPSA) is 51.2 Å². The van der Waals surface area contributed by atoms with E-state index in [-0.39, 0.29) is 22.5 Å². The molecule has 0 radical (unpaired) electrons. The maximum Gasteiger partial charge on any atom is 0.191 e. The van der Waals surface area contributed by atoms with Crippen molar-refractivity contribution >= 4 is 15.6 Å². The molecule has 3 nitrogen and oxygen atoms in total. The largest absolute Gasteiger partial charge is 0.298 e. The maximum absolute atomic E-state index is 12.7. The first-order valence-corrected chi connectivity index (χ1v) is 7.82. The number of benzene rings is 1. The summed E-state index contributed by atoms with van der Waals surface area (Å²) in [6.07, 6.45) is 2.21. The van der Waals surface area contributed by atoms with Crippen LogP contribution < -0.4 is 0 Å². The third kappa shape index (κ3) is 1.35. The molecule has 3 atom stereocenters. The van der Waals surface area contributed by atoms with Crippen LogP contribution in [0, 0.1) is 11.8 Å². The molecule has 2 saturated carbocycles. The average Bonchev–Trinajstić information content (AvgIpc) is 3.12. The van der Waals surface area contributed by atoms with Gasteiger partial charge in [-0.2, -0.15) is 0 Å². The Hall–Kier alpha value is -1.16. The van der Waals surface area contributed by atoms with Crippen LogP contribution in [0.2, 0.25) is 0 Å². The van der Waals surface area contributed by atoms with Crippen molar-refractivity contribution in [2.24, 2.45) is 11.8 Å². The highest BCUT2D eigenvalue weighted by Crippen LogP contribution is 2.59. The van der Waals surface area contributed by atoms with Crippen molar-refractivity contribution in [3.8, 4) is 0 Å². The predicted octanol–water partition coefficient (Wildman–Crippen LogP) is 2.22. The molecule has 96 valence electrons. The lowest BCUT2D eigenvalue weighted by molar-refractivity contribution is -0.124. The van der Waals surface area contributed by atoms with Gasteiger partial charge in [0, 0.05) is 5.92 Å². The molecular formula is C14H16O3S. The van der Waals surface area contributed by atoms with Crippen LogP contribution in [-0.4, -0.2) is 18.9 Å². The summed E-state index contributed by atoms with van der Waals surface area (Å²) in [5.74, 6) is -0.142. The Kier molecular flexibility index (Phi) is 2.43. The van der Waals surface area contributed by atoms with E-state index in [1.54, 1.807) is 30.3 Å². The van der Waals surface area contributed by atoms with Gasteiger partial charge in [0.15, 0.2) is 15.6 Å². The Morgan fingerprint density at radius 3 is 2.50 bits per heavy atom. The summed E-state index contributed by atoms with van der Waals surface area (Å²) in [4.78, 5) is 12.6. The molecular weight excluding hydrogens is 248 g/mol. The lowest BCUT2D eigenvalue weighted by Gasteiger charge is -2.25. The van der Waals surface area contributed by atoms with Gasteiger partial charge in [-0.15, -0.1) is 0 Å². The Balaban J connectivity index is 2.08. The molecule has 3 rings (SSSR count). The maximum atomic E-state index is 12.7. The highest BCUT2D eigenvalue weighted by atomic mass is 32.2. The van der Waals surface area contributed by atoms with Gasteiger partial charge in [0.05, 0.1) is 4.90 Å². The first-order valence-electron chi connectivity index (χ1n) is 6.34. The Morgan fingerprint density at radius 2 is 1.83 bits per heavy atom. The number of sulfone groups is 1. The van der Waals surface area contributed by atoms with Gasteiger partial charge in [0.1, 0.15) is 4.75 Å². The van der Waals surface area contributed by atoms with Crippen molar-refractivity contribution in [2.45, 2.75) is 35.8 Å². The summed E-state index contributed by atoms with van der Waals surface area (Å²) in [7, 11) is -3.52. The molecule has 0 aliphatic heterocycles. The summed E-state index contributed by atoms with van der Waals surface area (Å²) in [5, 5.41) is 0. The van der Waals surface area contributed by atoms with Crippen molar-refractivity contribution in [3.05, 3.63) is 30.3 Å². The minimum atomic E-state index is -3.52. The SMILES string of the molecule is C[C@@H]1CC[C@H]2C[C@@]2(S(=O)(=O)c2ccccc2)C1=O. The van der Waals surface area contributed by atoms with Crippen LogP contribution in [0.15, 0.2) is 35.2 Å². The lowest BCUT2D eigenvalue weighted by atomic mass is 9.89. The highest BCUT2D eigenvalue weighted by Gasteiger charge is 2.70. The molecule has 2 aliphatic carbocycles. The van der Waals surface area contributed by atoms with E-state index in [4.69, 9.17) is 0 Å². The third-order valence-corrected chi connectivity index (χ3v) is 6.95. The monoisotopic (exact) mass is 264 g/mol. The first-order chi connectivity index (χ1) is 8.50. The zero-order valence-electron chi connectivity index (χ0n) is 10.3. The van der Waals surface area contributed by atoms with Crippen LogP contribution in [-0.2, 0) is 14.6 Å². The van der Waals surface area contributed by atoms with Crippen LogP contribution in [0.25, 0.3) is 0 Å². The van der Waals surface area contributed by atoms with Gasteiger partial charge in [-0.1, -0.05) is 25.1 Å². The molecule has 0 heterocycles. The van der Waals surface area contributed by atoms with E-state index in [0.29, 0.717) is 6.42 Å². The molecule has 0 spiro atoms. The molecule has 0 aromatic heterocycles. The van der Waals surface area contributed by atoms with E-state index >= 15 is 0 Å². The summed E-state index contributed by atoms with van der Waals surface area (Å²) < 4.78 is 24.3. The fraction of sp³-hybridized carbons (Fsp3) is 0.500. The van der Waals surface area contributed by atoms with Gasteiger partial charge in [0.2, 0.25) is 0 Å². The average molecular weight is 264 g/mol. The molecule has 0 saturated heterocycles. The number of hydrogen-bond acceptors (Lipinski definition) is 3. The summed E-state index contributed by atoms with van der Waals surface area (Å²) in [6.45, 7) is 1.85. The minimum absolute atomic E-state index is 0.0476. The number of rotatable bonds is 2. The summed E-state index contributed by atoms with van der Waals surface area (Å²) in [6, 6.07) is 8.37. The zero-order valence-corrected chi connectivity index (χ0v) is 11.1. The number of fused-ring (bicyclic) bond motifs is 1. The molecule has 18 heavy (non-hydrogen) atoms. The molecule has 0 N–H and O–H groups in total. The second kappa shape index (κ2) is 3.67. The number of carbonyl (C=O) groups excluding carboxylic acids is 1. The van der Waals surface area contributed by atoms with Crippen LogP contribution in [0.1, 0.15) is 26.2 Å². The molecule has 0 bridgehead atoms. The summed E-state index contributed by atoms with van der Waals surface area (Å²) >= 11 is 0. The van der Waals surface area contributed by atoms with E-state index in [1.165, 1.54) is 0 Å². The van der Waals surface area contributed by atoms with Gasteiger partial charge in [-0.25, -0.2) is 8.42 Å². The van der Waals surface area contributed by atoms with Crippen molar-refractivity contribution in [1.82, 2.24) is 0 Å². The van der Waals surface area contributed by atoms with E-state index in [2.05, 4.69) is 0 Å². The molecule has 0 amide bonds. The Bertz CT molecular complexity index is 591. The molecule has 2 aliphatic rings. The third-order valence-electron chi connectivity index (χ3n) is 4.39. The van der Waals surface area contributed by atoms with E-state index in [1.807, 2.05) is 6.92 Å². The fourth-order valence-electron chi connectivity index (χ4n) is 3.21. The summed E-state index contributed by atoms with van der Waals surface area (Å²) in [5.41, 5.74) is 0.